The molecule has 0 bridgehead atoms. The predicted octanol–water partition coefficient (Wildman–Crippen LogP) is 4.04. The van der Waals surface area contributed by atoms with Gasteiger partial charge in [0.15, 0.2) is 0 Å². The van der Waals surface area contributed by atoms with Gasteiger partial charge in [-0.2, -0.15) is 0 Å². The fourth-order valence-corrected chi connectivity index (χ4v) is 3.81. The van der Waals surface area contributed by atoms with Crippen LogP contribution >= 0.6 is 0 Å². The van der Waals surface area contributed by atoms with E-state index in [2.05, 4.69) is 4.90 Å². The van der Waals surface area contributed by atoms with Gasteiger partial charge in [-0.3, -0.25) is 9.69 Å². The molecule has 1 aromatic heterocycles. The molecule has 0 atom stereocenters. The van der Waals surface area contributed by atoms with Crippen LogP contribution in [0, 0.1) is 5.41 Å². The van der Waals surface area contributed by atoms with Crippen LogP contribution in [0.15, 0.2) is 46.9 Å². The Bertz CT molecular complexity index is 750. The van der Waals surface area contributed by atoms with E-state index in [0.717, 1.165) is 49.7 Å². The van der Waals surface area contributed by atoms with Crippen LogP contribution in [-0.2, 0) is 27.4 Å². The molecule has 3 rings (SSSR count). The van der Waals surface area contributed by atoms with Crippen LogP contribution in [0.4, 0.5) is 0 Å². The first-order valence-electron chi connectivity index (χ1n) is 10.3. The third-order valence-corrected chi connectivity index (χ3v) is 5.50. The maximum atomic E-state index is 12.8. The van der Waals surface area contributed by atoms with Gasteiger partial charge in [0.2, 0.25) is 0 Å². The third-order valence-electron chi connectivity index (χ3n) is 5.50. The van der Waals surface area contributed by atoms with Crippen LogP contribution in [0.25, 0.3) is 0 Å². The highest BCUT2D eigenvalue weighted by Crippen LogP contribution is 2.37. The van der Waals surface area contributed by atoms with Crippen LogP contribution < -0.4 is 4.74 Å². The molecule has 1 saturated heterocycles. The number of piperidine rings is 1. The number of carbonyl (C=O) groups is 1. The number of hydrogen-bond acceptors (Lipinski definition) is 6. The Morgan fingerprint density at radius 3 is 2.52 bits per heavy atom. The smallest absolute Gasteiger partial charge is 0.312 e. The van der Waals surface area contributed by atoms with Gasteiger partial charge >= 0.3 is 5.97 Å². The summed E-state index contributed by atoms with van der Waals surface area (Å²) in [4.78, 5) is 15.1. The van der Waals surface area contributed by atoms with Gasteiger partial charge in [0.1, 0.15) is 23.9 Å². The van der Waals surface area contributed by atoms with E-state index in [1.807, 2.05) is 49.4 Å². The maximum absolute atomic E-state index is 12.8. The Kier molecular flexibility index (Phi) is 7.72. The summed E-state index contributed by atoms with van der Waals surface area (Å²) >= 11 is 0. The lowest BCUT2D eigenvalue weighted by atomic mass is 9.75. The van der Waals surface area contributed by atoms with E-state index < -0.39 is 5.41 Å². The second-order valence-corrected chi connectivity index (χ2v) is 7.49. The van der Waals surface area contributed by atoms with Gasteiger partial charge in [-0.1, -0.05) is 18.2 Å². The van der Waals surface area contributed by atoms with Crippen molar-refractivity contribution < 1.29 is 23.4 Å². The lowest BCUT2D eigenvalue weighted by Gasteiger charge is -2.39. The van der Waals surface area contributed by atoms with E-state index in [1.165, 1.54) is 0 Å². The van der Waals surface area contributed by atoms with Crippen LogP contribution in [0.5, 0.6) is 5.75 Å². The molecule has 1 aromatic carbocycles. The van der Waals surface area contributed by atoms with E-state index in [9.17, 15) is 4.79 Å². The molecule has 1 aliphatic rings. The van der Waals surface area contributed by atoms with Gasteiger partial charge in [-0.15, -0.1) is 0 Å². The van der Waals surface area contributed by atoms with E-state index >= 15 is 0 Å². The summed E-state index contributed by atoms with van der Waals surface area (Å²) in [6.07, 6.45) is 2.18. The summed E-state index contributed by atoms with van der Waals surface area (Å²) in [7, 11) is 1.66. The minimum Gasteiger partial charge on any atom is -0.494 e. The Balaban J connectivity index is 1.56. The number of furan rings is 1. The Morgan fingerprint density at radius 1 is 1.10 bits per heavy atom. The molecule has 0 radical (unpaired) electrons. The Hall–Kier alpha value is -2.31. The lowest BCUT2D eigenvalue weighted by molar-refractivity contribution is -0.159. The zero-order valence-electron chi connectivity index (χ0n) is 17.4. The fourth-order valence-electron chi connectivity index (χ4n) is 3.81. The van der Waals surface area contributed by atoms with E-state index in [0.29, 0.717) is 26.2 Å². The van der Waals surface area contributed by atoms with Crippen LogP contribution in [0.3, 0.4) is 0 Å². The number of esters is 1. The molecule has 29 heavy (non-hydrogen) atoms. The maximum Gasteiger partial charge on any atom is 0.312 e. The number of ether oxygens (including phenoxy) is 3. The van der Waals surface area contributed by atoms with Crippen LogP contribution in [-0.4, -0.2) is 44.3 Å². The Morgan fingerprint density at radius 2 is 1.83 bits per heavy atom. The van der Waals surface area contributed by atoms with Gasteiger partial charge in [0.05, 0.1) is 25.2 Å². The minimum atomic E-state index is -0.480. The SMILES string of the molecule is CCOC(=O)C1(CCOc2ccccc2)CCN(Cc2ccc(COC)o2)CC1. The second kappa shape index (κ2) is 10.5. The highest BCUT2D eigenvalue weighted by molar-refractivity contribution is 5.77. The lowest BCUT2D eigenvalue weighted by Crippen LogP contribution is -2.45. The molecule has 0 N–H and O–H groups in total. The topological polar surface area (TPSA) is 61.1 Å². The largest absolute Gasteiger partial charge is 0.494 e. The van der Waals surface area contributed by atoms with Gasteiger partial charge in [0, 0.05) is 7.11 Å². The summed E-state index contributed by atoms with van der Waals surface area (Å²) < 4.78 is 22.2. The molecule has 0 saturated carbocycles. The van der Waals surface area contributed by atoms with E-state index in [-0.39, 0.29) is 5.97 Å². The molecule has 1 fully saturated rings. The molecular weight excluding hydrogens is 370 g/mol. The van der Waals surface area contributed by atoms with Gasteiger partial charge in [-0.05, 0) is 63.5 Å². The molecule has 158 valence electrons. The van der Waals surface area contributed by atoms with Gasteiger partial charge in [-0.25, -0.2) is 0 Å². The van der Waals surface area contributed by atoms with Crippen molar-refractivity contribution in [1.82, 2.24) is 4.90 Å². The zero-order chi connectivity index (χ0) is 20.5. The molecule has 2 heterocycles. The van der Waals surface area contributed by atoms with Crippen molar-refractivity contribution in [3.8, 4) is 5.75 Å². The summed E-state index contributed by atoms with van der Waals surface area (Å²) in [5.41, 5.74) is -0.480. The van der Waals surface area contributed by atoms with Crippen LogP contribution in [0.1, 0.15) is 37.7 Å². The third kappa shape index (κ3) is 5.84. The minimum absolute atomic E-state index is 0.100. The molecule has 6 nitrogen and oxygen atoms in total. The fraction of sp³-hybridized carbons (Fsp3) is 0.522. The average molecular weight is 402 g/mol. The van der Waals surface area contributed by atoms with Crippen molar-refractivity contribution in [1.29, 1.82) is 0 Å². The first kappa shape index (κ1) is 21.4. The number of methoxy groups -OCH3 is 1. The van der Waals surface area contributed by atoms with E-state index in [4.69, 9.17) is 18.6 Å². The van der Waals surface area contributed by atoms with Crippen molar-refractivity contribution >= 4 is 5.97 Å². The van der Waals surface area contributed by atoms with Crippen molar-refractivity contribution in [2.75, 3.05) is 33.4 Å². The van der Waals surface area contributed by atoms with Gasteiger partial charge in [0.25, 0.3) is 0 Å². The average Bonchev–Trinajstić information content (AvgIpc) is 3.17. The number of likely N-dealkylation sites (tertiary alicyclic amines) is 1. The quantitative estimate of drug-likeness (QED) is 0.560. The standard InChI is InChI=1S/C23H31NO5/c1-3-27-22(25)23(13-16-28-19-7-5-4-6-8-19)11-14-24(15-12-23)17-20-9-10-21(29-20)18-26-2/h4-10H,3,11-18H2,1-2H3. The number of rotatable bonds is 10. The summed E-state index contributed by atoms with van der Waals surface area (Å²) in [6.45, 7) is 5.63. The number of nitrogens with zero attached hydrogens (tertiary/aromatic N) is 1. The molecular formula is C23H31NO5. The first-order chi connectivity index (χ1) is 14.1. The van der Waals surface area contributed by atoms with E-state index in [1.54, 1.807) is 7.11 Å². The van der Waals surface area contributed by atoms with Crippen molar-refractivity contribution in [2.45, 2.75) is 39.3 Å². The Labute approximate surface area is 172 Å². The molecule has 0 amide bonds. The normalized spacial score (nSPS) is 16.5. The summed E-state index contributed by atoms with van der Waals surface area (Å²) in [5.74, 6) is 2.48. The highest BCUT2D eigenvalue weighted by Gasteiger charge is 2.42. The number of hydrogen-bond donors (Lipinski definition) is 0. The summed E-state index contributed by atoms with van der Waals surface area (Å²) in [5, 5.41) is 0. The molecule has 2 aromatic rings. The molecule has 6 heteroatoms. The highest BCUT2D eigenvalue weighted by atomic mass is 16.5. The van der Waals surface area contributed by atoms with Gasteiger partial charge < -0.3 is 18.6 Å². The number of carbonyl (C=O) groups excluding carboxylic acids is 1. The first-order valence-corrected chi connectivity index (χ1v) is 10.3. The van der Waals surface area contributed by atoms with Crippen molar-refractivity contribution in [3.05, 3.63) is 54.0 Å². The number of para-hydroxylation sites is 1. The second-order valence-electron chi connectivity index (χ2n) is 7.49. The zero-order valence-corrected chi connectivity index (χ0v) is 17.4. The van der Waals surface area contributed by atoms with Crippen LogP contribution in [0.2, 0.25) is 0 Å². The molecule has 0 aliphatic carbocycles. The van der Waals surface area contributed by atoms with Crippen molar-refractivity contribution in [3.63, 3.8) is 0 Å². The molecule has 1 aliphatic heterocycles. The van der Waals surface area contributed by atoms with Crippen molar-refractivity contribution in [2.24, 2.45) is 5.41 Å². The predicted molar refractivity (Wildman–Crippen MR) is 110 cm³/mol. The molecule has 0 spiro atoms. The molecule has 0 unspecified atom stereocenters. The summed E-state index contributed by atoms with van der Waals surface area (Å²) in [6, 6.07) is 13.7. The monoisotopic (exact) mass is 401 g/mol. The number of benzene rings is 1.